The SMILES string of the molecule is CC1(O)CN(c2cccc(CO)n2)C1. The molecule has 4 heteroatoms. The highest BCUT2D eigenvalue weighted by atomic mass is 16.3. The van der Waals surface area contributed by atoms with Crippen molar-refractivity contribution in [3.63, 3.8) is 0 Å². The fourth-order valence-electron chi connectivity index (χ4n) is 1.67. The third-order valence-corrected chi connectivity index (χ3v) is 2.34. The Balaban J connectivity index is 2.11. The summed E-state index contributed by atoms with van der Waals surface area (Å²) < 4.78 is 0. The second-order valence-electron chi connectivity index (χ2n) is 4.00. The molecule has 0 aromatic carbocycles. The van der Waals surface area contributed by atoms with Crippen LogP contribution in [-0.2, 0) is 6.61 Å². The van der Waals surface area contributed by atoms with Crippen molar-refractivity contribution in [2.45, 2.75) is 19.1 Å². The second kappa shape index (κ2) is 3.22. The number of aliphatic hydroxyl groups is 2. The van der Waals surface area contributed by atoms with Gasteiger partial charge in [0, 0.05) is 13.1 Å². The Kier molecular flexibility index (Phi) is 2.17. The van der Waals surface area contributed by atoms with Gasteiger partial charge in [-0.3, -0.25) is 0 Å². The molecule has 0 bridgehead atoms. The second-order valence-corrected chi connectivity index (χ2v) is 4.00. The van der Waals surface area contributed by atoms with E-state index in [1.165, 1.54) is 0 Å². The first-order chi connectivity index (χ1) is 6.61. The first-order valence-electron chi connectivity index (χ1n) is 4.65. The van der Waals surface area contributed by atoms with Gasteiger partial charge < -0.3 is 15.1 Å². The Morgan fingerprint density at radius 1 is 1.50 bits per heavy atom. The van der Waals surface area contributed by atoms with Gasteiger partial charge in [-0.15, -0.1) is 0 Å². The van der Waals surface area contributed by atoms with E-state index >= 15 is 0 Å². The van der Waals surface area contributed by atoms with Crippen LogP contribution in [0.1, 0.15) is 12.6 Å². The summed E-state index contributed by atoms with van der Waals surface area (Å²) in [6, 6.07) is 5.52. The average molecular weight is 194 g/mol. The molecule has 2 N–H and O–H groups in total. The van der Waals surface area contributed by atoms with Crippen LogP contribution in [0.5, 0.6) is 0 Å². The summed E-state index contributed by atoms with van der Waals surface area (Å²) in [6.45, 7) is 2.97. The zero-order valence-corrected chi connectivity index (χ0v) is 8.14. The van der Waals surface area contributed by atoms with Crippen molar-refractivity contribution in [2.24, 2.45) is 0 Å². The molecule has 1 aromatic heterocycles. The van der Waals surface area contributed by atoms with Crippen molar-refractivity contribution in [1.29, 1.82) is 0 Å². The van der Waals surface area contributed by atoms with Crippen molar-refractivity contribution in [3.05, 3.63) is 23.9 Å². The lowest BCUT2D eigenvalue weighted by atomic mass is 9.97. The van der Waals surface area contributed by atoms with Crippen molar-refractivity contribution >= 4 is 5.82 Å². The molecule has 0 aliphatic carbocycles. The summed E-state index contributed by atoms with van der Waals surface area (Å²) >= 11 is 0. The summed E-state index contributed by atoms with van der Waals surface area (Å²) in [6.07, 6.45) is 0. The highest BCUT2D eigenvalue weighted by Gasteiger charge is 2.37. The van der Waals surface area contributed by atoms with Crippen molar-refractivity contribution in [3.8, 4) is 0 Å². The molecule has 0 amide bonds. The van der Waals surface area contributed by atoms with E-state index in [4.69, 9.17) is 5.11 Å². The van der Waals surface area contributed by atoms with Gasteiger partial charge in [-0.25, -0.2) is 4.98 Å². The minimum absolute atomic E-state index is 0.0436. The van der Waals surface area contributed by atoms with Crippen LogP contribution in [0.2, 0.25) is 0 Å². The van der Waals surface area contributed by atoms with Gasteiger partial charge in [0.05, 0.1) is 17.9 Å². The van der Waals surface area contributed by atoms with Gasteiger partial charge in [0.1, 0.15) is 5.82 Å². The minimum Gasteiger partial charge on any atom is -0.390 e. The number of aromatic nitrogens is 1. The molecule has 2 rings (SSSR count). The fourth-order valence-corrected chi connectivity index (χ4v) is 1.67. The van der Waals surface area contributed by atoms with Gasteiger partial charge >= 0.3 is 0 Å². The Morgan fingerprint density at radius 3 is 2.79 bits per heavy atom. The first kappa shape index (κ1) is 9.43. The smallest absolute Gasteiger partial charge is 0.129 e. The van der Waals surface area contributed by atoms with E-state index in [9.17, 15) is 5.11 Å². The molecule has 1 aromatic rings. The molecule has 0 saturated carbocycles. The van der Waals surface area contributed by atoms with Crippen LogP contribution in [0.4, 0.5) is 5.82 Å². The maximum Gasteiger partial charge on any atom is 0.129 e. The predicted octanol–water partition coefficient (Wildman–Crippen LogP) is 0.145. The number of hydrogen-bond donors (Lipinski definition) is 2. The topological polar surface area (TPSA) is 56.6 Å². The van der Waals surface area contributed by atoms with Crippen molar-refractivity contribution in [2.75, 3.05) is 18.0 Å². The highest BCUT2D eigenvalue weighted by Crippen LogP contribution is 2.25. The van der Waals surface area contributed by atoms with E-state index in [1.807, 2.05) is 17.0 Å². The molecule has 0 radical (unpaired) electrons. The average Bonchev–Trinajstić information content (AvgIpc) is 2.14. The normalized spacial score (nSPS) is 19.2. The molecule has 14 heavy (non-hydrogen) atoms. The number of rotatable bonds is 2. The van der Waals surface area contributed by atoms with Crippen LogP contribution in [0.25, 0.3) is 0 Å². The molecular weight excluding hydrogens is 180 g/mol. The number of anilines is 1. The predicted molar refractivity (Wildman–Crippen MR) is 53.0 cm³/mol. The van der Waals surface area contributed by atoms with Crippen LogP contribution in [0, 0.1) is 0 Å². The zero-order valence-electron chi connectivity index (χ0n) is 8.14. The number of β-amino-alcohol motifs (C(OH)–C–C–N with tert-alkyl or cyclic N) is 1. The van der Waals surface area contributed by atoms with Crippen LogP contribution in [0.3, 0.4) is 0 Å². The number of aliphatic hydroxyl groups excluding tert-OH is 1. The number of nitrogens with zero attached hydrogens (tertiary/aromatic N) is 2. The molecule has 76 valence electrons. The van der Waals surface area contributed by atoms with Gasteiger partial charge in [-0.1, -0.05) is 6.07 Å². The summed E-state index contributed by atoms with van der Waals surface area (Å²) in [5.41, 5.74) is 0.0747. The maximum atomic E-state index is 9.55. The lowest BCUT2D eigenvalue weighted by Gasteiger charge is -2.45. The monoisotopic (exact) mass is 194 g/mol. The Labute approximate surface area is 82.8 Å². The summed E-state index contributed by atoms with van der Waals surface area (Å²) in [4.78, 5) is 6.23. The lowest BCUT2D eigenvalue weighted by Crippen LogP contribution is -2.60. The van der Waals surface area contributed by atoms with Gasteiger partial charge in [-0.2, -0.15) is 0 Å². The molecule has 4 nitrogen and oxygen atoms in total. The maximum absolute atomic E-state index is 9.55. The minimum atomic E-state index is -0.586. The number of hydrogen-bond acceptors (Lipinski definition) is 4. The Morgan fingerprint density at radius 2 is 2.21 bits per heavy atom. The van der Waals surface area contributed by atoms with E-state index in [2.05, 4.69) is 4.98 Å². The van der Waals surface area contributed by atoms with Crippen molar-refractivity contribution in [1.82, 2.24) is 4.98 Å². The molecule has 0 unspecified atom stereocenters. The standard InChI is InChI=1S/C10H14N2O2/c1-10(14)6-12(7-10)9-4-2-3-8(5-13)11-9/h2-4,13-14H,5-7H2,1H3. The van der Waals surface area contributed by atoms with E-state index in [0.29, 0.717) is 18.8 Å². The van der Waals surface area contributed by atoms with Gasteiger partial charge in [0.2, 0.25) is 0 Å². The third-order valence-electron chi connectivity index (χ3n) is 2.34. The van der Waals surface area contributed by atoms with Gasteiger partial charge in [-0.05, 0) is 19.1 Å². The van der Waals surface area contributed by atoms with Gasteiger partial charge in [0.15, 0.2) is 0 Å². The van der Waals surface area contributed by atoms with Crippen LogP contribution in [-0.4, -0.2) is 33.9 Å². The molecule has 0 spiro atoms. The van der Waals surface area contributed by atoms with Crippen LogP contribution < -0.4 is 4.90 Å². The molecular formula is C10H14N2O2. The summed E-state index contributed by atoms with van der Waals surface area (Å²) in [5, 5.41) is 18.5. The summed E-state index contributed by atoms with van der Waals surface area (Å²) in [7, 11) is 0. The van der Waals surface area contributed by atoms with E-state index in [1.54, 1.807) is 13.0 Å². The van der Waals surface area contributed by atoms with Gasteiger partial charge in [0.25, 0.3) is 0 Å². The van der Waals surface area contributed by atoms with E-state index < -0.39 is 5.60 Å². The van der Waals surface area contributed by atoms with E-state index in [-0.39, 0.29) is 6.61 Å². The molecule has 1 saturated heterocycles. The fraction of sp³-hybridized carbons (Fsp3) is 0.500. The molecule has 1 aliphatic rings. The third kappa shape index (κ3) is 1.71. The Hall–Kier alpha value is -1.13. The molecule has 1 fully saturated rings. The largest absolute Gasteiger partial charge is 0.390 e. The molecule has 1 aliphatic heterocycles. The van der Waals surface area contributed by atoms with Crippen LogP contribution in [0.15, 0.2) is 18.2 Å². The molecule has 2 heterocycles. The Bertz CT molecular complexity index is 331. The van der Waals surface area contributed by atoms with Crippen molar-refractivity contribution < 1.29 is 10.2 Å². The molecule has 0 atom stereocenters. The zero-order chi connectivity index (χ0) is 10.2. The van der Waals surface area contributed by atoms with Crippen LogP contribution >= 0.6 is 0 Å². The number of pyridine rings is 1. The first-order valence-corrected chi connectivity index (χ1v) is 4.65. The summed E-state index contributed by atoms with van der Waals surface area (Å²) in [5.74, 6) is 0.822. The van der Waals surface area contributed by atoms with E-state index in [0.717, 1.165) is 5.82 Å². The quantitative estimate of drug-likeness (QED) is 0.703. The highest BCUT2D eigenvalue weighted by molar-refractivity contribution is 5.44. The lowest BCUT2D eigenvalue weighted by molar-refractivity contribution is 0.0305.